The van der Waals surface area contributed by atoms with Crippen LogP contribution in [0.3, 0.4) is 0 Å². The molecule has 5 heteroatoms. The van der Waals surface area contributed by atoms with Gasteiger partial charge < -0.3 is 16.0 Å². The van der Waals surface area contributed by atoms with Crippen LogP contribution in [0.4, 0.5) is 5.69 Å². The number of carbonyl (C=O) groups excluding carboxylic acids is 2. The summed E-state index contributed by atoms with van der Waals surface area (Å²) in [6.07, 6.45) is 1.59. The second kappa shape index (κ2) is 6.41. The molecule has 5 nitrogen and oxygen atoms in total. The van der Waals surface area contributed by atoms with Gasteiger partial charge in [-0.1, -0.05) is 12.1 Å². The van der Waals surface area contributed by atoms with Gasteiger partial charge in [-0.2, -0.15) is 0 Å². The Hall–Kier alpha value is -2.04. The van der Waals surface area contributed by atoms with E-state index >= 15 is 0 Å². The van der Waals surface area contributed by atoms with Gasteiger partial charge in [-0.15, -0.1) is 0 Å². The minimum atomic E-state index is -0.317. The van der Waals surface area contributed by atoms with Crippen LogP contribution in [-0.4, -0.2) is 36.3 Å². The first kappa shape index (κ1) is 14.4. The maximum Gasteiger partial charge on any atom is 0.255 e. The molecule has 1 aromatic carbocycles. The molecule has 0 saturated carbocycles. The lowest BCUT2D eigenvalue weighted by molar-refractivity contribution is -0.123. The number of piperidine rings is 1. The highest BCUT2D eigenvalue weighted by molar-refractivity contribution is 5.99. The number of hydrogen-bond acceptors (Lipinski definition) is 3. The van der Waals surface area contributed by atoms with Gasteiger partial charge in [-0.25, -0.2) is 0 Å². The normalized spacial score (nSPS) is 18.6. The molecular weight excluding hydrogens is 254 g/mol. The fraction of sp³-hybridized carbons (Fsp3) is 0.467. The summed E-state index contributed by atoms with van der Waals surface area (Å²) in [5.41, 5.74) is 6.84. The van der Waals surface area contributed by atoms with Gasteiger partial charge in [-0.3, -0.25) is 9.59 Å². The summed E-state index contributed by atoms with van der Waals surface area (Å²) < 4.78 is 0. The third-order valence-electron chi connectivity index (χ3n) is 3.64. The lowest BCUT2D eigenvalue weighted by atomic mass is 9.96. The third kappa shape index (κ3) is 3.10. The van der Waals surface area contributed by atoms with Crippen molar-refractivity contribution in [2.24, 2.45) is 11.7 Å². The van der Waals surface area contributed by atoms with Gasteiger partial charge in [0.15, 0.2) is 0 Å². The zero-order chi connectivity index (χ0) is 14.5. The first-order valence-corrected chi connectivity index (χ1v) is 7.05. The van der Waals surface area contributed by atoms with Crippen LogP contribution >= 0.6 is 0 Å². The highest BCUT2D eigenvalue weighted by atomic mass is 16.2. The number of hydrogen-bond donors (Lipinski definition) is 2. The molecule has 1 heterocycles. The lowest BCUT2D eigenvalue weighted by Crippen LogP contribution is -2.44. The van der Waals surface area contributed by atoms with Crippen molar-refractivity contribution < 1.29 is 9.59 Å². The molecule has 0 aliphatic carbocycles. The van der Waals surface area contributed by atoms with Gasteiger partial charge in [0.2, 0.25) is 5.91 Å². The van der Waals surface area contributed by atoms with E-state index in [4.69, 9.17) is 5.73 Å². The van der Waals surface area contributed by atoms with Crippen LogP contribution in [0.2, 0.25) is 0 Å². The standard InChI is InChI=1S/C15H21N3O2/c1-2-17-13-8-4-3-7-12(13)15(20)18-9-5-6-11(10-18)14(16)19/h3-4,7-8,11,17H,2,5-6,9-10H2,1H3,(H2,16,19). The summed E-state index contributed by atoms with van der Waals surface area (Å²) >= 11 is 0. The summed E-state index contributed by atoms with van der Waals surface area (Å²) in [5, 5.41) is 3.19. The number of nitrogens with one attached hydrogen (secondary N) is 1. The Morgan fingerprint density at radius 3 is 2.85 bits per heavy atom. The first-order valence-electron chi connectivity index (χ1n) is 7.05. The Labute approximate surface area is 119 Å². The molecule has 0 aromatic heterocycles. The zero-order valence-corrected chi connectivity index (χ0v) is 11.8. The molecule has 0 radical (unpaired) electrons. The highest BCUT2D eigenvalue weighted by Crippen LogP contribution is 2.22. The van der Waals surface area contributed by atoms with Gasteiger partial charge in [0.05, 0.1) is 11.5 Å². The molecule has 1 aliphatic heterocycles. The molecule has 1 fully saturated rings. The second-order valence-electron chi connectivity index (χ2n) is 5.07. The van der Waals surface area contributed by atoms with Gasteiger partial charge in [0, 0.05) is 25.3 Å². The smallest absolute Gasteiger partial charge is 0.255 e. The van der Waals surface area contributed by atoms with E-state index in [0.717, 1.165) is 25.1 Å². The van der Waals surface area contributed by atoms with Gasteiger partial charge in [-0.05, 0) is 31.9 Å². The SMILES string of the molecule is CCNc1ccccc1C(=O)N1CCCC(C(N)=O)C1. The Morgan fingerprint density at radius 2 is 2.15 bits per heavy atom. The van der Waals surface area contributed by atoms with E-state index in [1.165, 1.54) is 0 Å². The highest BCUT2D eigenvalue weighted by Gasteiger charge is 2.28. The average Bonchev–Trinajstić information content (AvgIpc) is 2.47. The number of nitrogens with zero attached hydrogens (tertiary/aromatic N) is 1. The minimum Gasteiger partial charge on any atom is -0.385 e. The van der Waals surface area contributed by atoms with E-state index in [-0.39, 0.29) is 17.7 Å². The quantitative estimate of drug-likeness (QED) is 0.873. The fourth-order valence-electron chi connectivity index (χ4n) is 2.58. The third-order valence-corrected chi connectivity index (χ3v) is 3.64. The predicted molar refractivity (Wildman–Crippen MR) is 78.4 cm³/mol. The van der Waals surface area contributed by atoms with Crippen LogP contribution in [0.15, 0.2) is 24.3 Å². The van der Waals surface area contributed by atoms with Crippen molar-refractivity contribution in [1.82, 2.24) is 4.90 Å². The van der Waals surface area contributed by atoms with Crippen LogP contribution in [0.5, 0.6) is 0 Å². The maximum atomic E-state index is 12.6. The number of para-hydroxylation sites is 1. The number of anilines is 1. The monoisotopic (exact) mass is 275 g/mol. The molecule has 20 heavy (non-hydrogen) atoms. The van der Waals surface area contributed by atoms with E-state index in [2.05, 4.69) is 5.32 Å². The van der Waals surface area contributed by atoms with E-state index in [1.807, 2.05) is 31.2 Å². The topological polar surface area (TPSA) is 75.4 Å². The van der Waals surface area contributed by atoms with E-state index in [9.17, 15) is 9.59 Å². The van der Waals surface area contributed by atoms with Gasteiger partial charge in [0.25, 0.3) is 5.91 Å². The zero-order valence-electron chi connectivity index (χ0n) is 11.8. The minimum absolute atomic E-state index is 0.0347. The molecule has 1 saturated heterocycles. The van der Waals surface area contributed by atoms with E-state index in [0.29, 0.717) is 18.7 Å². The molecule has 108 valence electrons. The van der Waals surface area contributed by atoms with Crippen LogP contribution < -0.4 is 11.1 Å². The summed E-state index contributed by atoms with van der Waals surface area (Å²) in [7, 11) is 0. The first-order chi connectivity index (χ1) is 9.63. The molecule has 0 bridgehead atoms. The summed E-state index contributed by atoms with van der Waals surface area (Å²) in [4.78, 5) is 25.6. The number of amides is 2. The molecule has 2 rings (SSSR count). The largest absolute Gasteiger partial charge is 0.385 e. The summed E-state index contributed by atoms with van der Waals surface area (Å²) in [6, 6.07) is 7.46. The van der Waals surface area contributed by atoms with Gasteiger partial charge in [0.1, 0.15) is 0 Å². The summed E-state index contributed by atoms with van der Waals surface area (Å²) in [5.74, 6) is -0.575. The van der Waals surface area contributed by atoms with Crippen molar-refractivity contribution in [1.29, 1.82) is 0 Å². The molecular formula is C15H21N3O2. The summed E-state index contributed by atoms with van der Waals surface area (Å²) in [6.45, 7) is 3.86. The van der Waals surface area contributed by atoms with Crippen LogP contribution in [0.1, 0.15) is 30.1 Å². The van der Waals surface area contributed by atoms with Crippen molar-refractivity contribution in [3.8, 4) is 0 Å². The maximum absolute atomic E-state index is 12.6. The number of carbonyl (C=O) groups is 2. The molecule has 1 aromatic rings. The Morgan fingerprint density at radius 1 is 1.40 bits per heavy atom. The number of nitrogens with two attached hydrogens (primary N) is 1. The Bertz CT molecular complexity index is 502. The number of benzene rings is 1. The average molecular weight is 275 g/mol. The fourth-order valence-corrected chi connectivity index (χ4v) is 2.58. The number of primary amides is 1. The molecule has 1 aliphatic rings. The molecule has 1 unspecified atom stereocenters. The van der Waals surface area contributed by atoms with Gasteiger partial charge >= 0.3 is 0 Å². The Kier molecular flexibility index (Phi) is 4.61. The van der Waals surface area contributed by atoms with Crippen LogP contribution in [0, 0.1) is 5.92 Å². The molecule has 1 atom stereocenters. The molecule has 2 amide bonds. The number of likely N-dealkylation sites (tertiary alicyclic amines) is 1. The second-order valence-corrected chi connectivity index (χ2v) is 5.07. The van der Waals surface area contributed by atoms with Crippen molar-refractivity contribution in [3.63, 3.8) is 0 Å². The molecule has 3 N–H and O–H groups in total. The van der Waals surface area contributed by atoms with Crippen molar-refractivity contribution in [2.75, 3.05) is 25.0 Å². The Balaban J connectivity index is 2.16. The van der Waals surface area contributed by atoms with Crippen molar-refractivity contribution in [2.45, 2.75) is 19.8 Å². The van der Waals surface area contributed by atoms with Crippen molar-refractivity contribution >= 4 is 17.5 Å². The molecule has 0 spiro atoms. The van der Waals surface area contributed by atoms with E-state index in [1.54, 1.807) is 4.90 Å². The van der Waals surface area contributed by atoms with Crippen LogP contribution in [-0.2, 0) is 4.79 Å². The predicted octanol–water partition coefficient (Wildman–Crippen LogP) is 1.46. The van der Waals surface area contributed by atoms with Crippen molar-refractivity contribution in [3.05, 3.63) is 29.8 Å². The van der Waals surface area contributed by atoms with E-state index < -0.39 is 0 Å². The number of rotatable bonds is 4. The lowest BCUT2D eigenvalue weighted by Gasteiger charge is -2.31. The van der Waals surface area contributed by atoms with Crippen LogP contribution in [0.25, 0.3) is 0 Å².